The lowest BCUT2D eigenvalue weighted by molar-refractivity contribution is 0.649. The maximum atomic E-state index is 6.24. The molecule has 0 fully saturated rings. The fraction of sp³-hybridized carbons (Fsp3) is 0.400. The lowest BCUT2D eigenvalue weighted by Crippen LogP contribution is -2.38. The van der Waals surface area contributed by atoms with E-state index in [9.17, 15) is 0 Å². The number of aromatic nitrogens is 3. The van der Waals surface area contributed by atoms with Crippen molar-refractivity contribution in [1.29, 1.82) is 0 Å². The number of halogens is 2. The Morgan fingerprint density at radius 1 is 1.39 bits per heavy atom. The van der Waals surface area contributed by atoms with E-state index in [1.807, 2.05) is 30.5 Å². The molecule has 1 aromatic carbocycles. The van der Waals surface area contributed by atoms with Gasteiger partial charge in [-0.3, -0.25) is 4.99 Å². The largest absolute Gasteiger partial charge is 0.350 e. The Balaban J connectivity index is 1.99. The summed E-state index contributed by atoms with van der Waals surface area (Å²) >= 11 is 12.2. The van der Waals surface area contributed by atoms with Crippen LogP contribution in [0.15, 0.2) is 29.5 Å². The Bertz CT molecular complexity index is 682. The SMILES string of the molecule is CCn1cnnc1CNC(=NC)NC(C)c1ccc(Cl)cc1Cl. The van der Waals surface area contributed by atoms with Crippen LogP contribution >= 0.6 is 23.2 Å². The molecule has 0 saturated heterocycles. The maximum absolute atomic E-state index is 6.24. The van der Waals surface area contributed by atoms with Gasteiger partial charge in [-0.15, -0.1) is 10.2 Å². The monoisotopic (exact) mass is 354 g/mol. The second-order valence-corrected chi connectivity index (χ2v) is 5.83. The molecule has 1 heterocycles. The zero-order valence-corrected chi connectivity index (χ0v) is 14.9. The number of hydrogen-bond donors (Lipinski definition) is 2. The molecule has 0 spiro atoms. The van der Waals surface area contributed by atoms with Gasteiger partial charge in [-0.2, -0.15) is 0 Å². The van der Waals surface area contributed by atoms with E-state index in [0.717, 1.165) is 17.9 Å². The van der Waals surface area contributed by atoms with Crippen molar-refractivity contribution < 1.29 is 0 Å². The van der Waals surface area contributed by atoms with Crippen molar-refractivity contribution in [2.75, 3.05) is 7.05 Å². The highest BCUT2D eigenvalue weighted by atomic mass is 35.5. The van der Waals surface area contributed by atoms with Gasteiger partial charge in [-0.1, -0.05) is 29.3 Å². The fourth-order valence-electron chi connectivity index (χ4n) is 2.17. The zero-order valence-electron chi connectivity index (χ0n) is 13.3. The number of aryl methyl sites for hydroxylation is 1. The minimum Gasteiger partial charge on any atom is -0.350 e. The van der Waals surface area contributed by atoms with E-state index in [2.05, 4.69) is 25.8 Å². The Hall–Kier alpha value is -1.79. The lowest BCUT2D eigenvalue weighted by atomic mass is 10.1. The maximum Gasteiger partial charge on any atom is 0.191 e. The molecule has 6 nitrogen and oxygen atoms in total. The van der Waals surface area contributed by atoms with Gasteiger partial charge in [-0.05, 0) is 31.5 Å². The molecule has 8 heteroatoms. The first kappa shape index (κ1) is 17.6. The third-order valence-corrected chi connectivity index (χ3v) is 4.02. The lowest BCUT2D eigenvalue weighted by Gasteiger charge is -2.19. The second-order valence-electron chi connectivity index (χ2n) is 4.99. The normalized spacial score (nSPS) is 13.0. The first-order valence-electron chi connectivity index (χ1n) is 7.34. The highest BCUT2D eigenvalue weighted by molar-refractivity contribution is 6.35. The molecule has 1 aromatic heterocycles. The Morgan fingerprint density at radius 3 is 2.83 bits per heavy atom. The number of nitrogens with zero attached hydrogens (tertiary/aromatic N) is 4. The van der Waals surface area contributed by atoms with Gasteiger partial charge in [0.25, 0.3) is 0 Å². The smallest absolute Gasteiger partial charge is 0.191 e. The topological polar surface area (TPSA) is 67.1 Å². The van der Waals surface area contributed by atoms with Crippen LogP contribution in [0.1, 0.15) is 31.3 Å². The number of hydrogen-bond acceptors (Lipinski definition) is 3. The van der Waals surface area contributed by atoms with Gasteiger partial charge >= 0.3 is 0 Å². The number of guanidine groups is 1. The predicted octanol–water partition coefficient (Wildman–Crippen LogP) is 3.03. The molecule has 2 aromatic rings. The van der Waals surface area contributed by atoms with Crippen LogP contribution in [0.4, 0.5) is 0 Å². The van der Waals surface area contributed by atoms with E-state index in [4.69, 9.17) is 23.2 Å². The molecule has 2 N–H and O–H groups in total. The number of aliphatic imine (C=N–C) groups is 1. The molecule has 1 atom stereocenters. The molecule has 0 bridgehead atoms. The summed E-state index contributed by atoms with van der Waals surface area (Å²) in [5.41, 5.74) is 0.954. The van der Waals surface area contributed by atoms with Crippen molar-refractivity contribution in [3.05, 3.63) is 46.0 Å². The van der Waals surface area contributed by atoms with E-state index >= 15 is 0 Å². The van der Waals surface area contributed by atoms with E-state index in [0.29, 0.717) is 22.5 Å². The molecule has 0 amide bonds. The van der Waals surface area contributed by atoms with Crippen LogP contribution in [0.25, 0.3) is 0 Å². The molecular weight excluding hydrogens is 335 g/mol. The minimum absolute atomic E-state index is 0.0185. The standard InChI is InChI=1S/C15H20Cl2N6/c1-4-23-9-20-22-14(23)8-19-15(18-3)21-10(2)12-6-5-11(16)7-13(12)17/h5-7,9-10H,4,8H2,1-3H3,(H2,18,19,21). The quantitative estimate of drug-likeness (QED) is 0.639. The van der Waals surface area contributed by atoms with Gasteiger partial charge < -0.3 is 15.2 Å². The van der Waals surface area contributed by atoms with Gasteiger partial charge in [0, 0.05) is 23.6 Å². The Morgan fingerprint density at radius 2 is 2.17 bits per heavy atom. The average molecular weight is 355 g/mol. The van der Waals surface area contributed by atoms with Crippen molar-refractivity contribution in [2.24, 2.45) is 4.99 Å². The average Bonchev–Trinajstić information content (AvgIpc) is 2.98. The summed E-state index contributed by atoms with van der Waals surface area (Å²) in [5.74, 6) is 1.52. The fourth-order valence-corrected chi connectivity index (χ4v) is 2.75. The molecule has 0 aliphatic rings. The van der Waals surface area contributed by atoms with E-state index < -0.39 is 0 Å². The second kappa shape index (κ2) is 8.17. The molecule has 124 valence electrons. The third kappa shape index (κ3) is 4.59. The molecule has 0 aliphatic carbocycles. The van der Waals surface area contributed by atoms with Crippen LogP contribution in [0.3, 0.4) is 0 Å². The molecule has 0 radical (unpaired) electrons. The van der Waals surface area contributed by atoms with Crippen LogP contribution in [-0.4, -0.2) is 27.8 Å². The molecule has 2 rings (SSSR count). The van der Waals surface area contributed by atoms with Crippen LogP contribution in [-0.2, 0) is 13.1 Å². The van der Waals surface area contributed by atoms with Gasteiger partial charge in [0.2, 0.25) is 0 Å². The van der Waals surface area contributed by atoms with Gasteiger partial charge in [0.05, 0.1) is 12.6 Å². The third-order valence-electron chi connectivity index (χ3n) is 3.46. The summed E-state index contributed by atoms with van der Waals surface area (Å²) in [6, 6.07) is 5.44. The number of rotatable bonds is 5. The molecule has 1 unspecified atom stereocenters. The van der Waals surface area contributed by atoms with Crippen LogP contribution in [0.5, 0.6) is 0 Å². The van der Waals surface area contributed by atoms with E-state index in [-0.39, 0.29) is 6.04 Å². The van der Waals surface area contributed by atoms with Gasteiger partial charge in [-0.25, -0.2) is 0 Å². The first-order chi connectivity index (χ1) is 11.0. The number of benzene rings is 1. The summed E-state index contributed by atoms with van der Waals surface area (Å²) in [6.07, 6.45) is 1.71. The number of nitrogens with one attached hydrogen (secondary N) is 2. The first-order valence-corrected chi connectivity index (χ1v) is 8.09. The predicted molar refractivity (Wildman–Crippen MR) is 93.9 cm³/mol. The molecule has 0 saturated carbocycles. The zero-order chi connectivity index (χ0) is 16.8. The van der Waals surface area contributed by atoms with Crippen molar-refractivity contribution in [3.8, 4) is 0 Å². The highest BCUT2D eigenvalue weighted by Gasteiger charge is 2.12. The van der Waals surface area contributed by atoms with Gasteiger partial charge in [0.1, 0.15) is 6.33 Å². The van der Waals surface area contributed by atoms with Crippen molar-refractivity contribution in [3.63, 3.8) is 0 Å². The molecular formula is C15H20Cl2N6. The summed E-state index contributed by atoms with van der Waals surface area (Å²) in [7, 11) is 1.72. The van der Waals surface area contributed by atoms with Crippen LogP contribution in [0, 0.1) is 0 Å². The molecule has 0 aliphatic heterocycles. The van der Waals surface area contributed by atoms with Gasteiger partial charge in [0.15, 0.2) is 11.8 Å². The summed E-state index contributed by atoms with van der Waals surface area (Å²) in [5, 5.41) is 15.8. The van der Waals surface area contributed by atoms with Crippen LogP contribution < -0.4 is 10.6 Å². The van der Waals surface area contributed by atoms with Crippen molar-refractivity contribution in [2.45, 2.75) is 33.0 Å². The Kier molecular flexibility index (Phi) is 6.24. The van der Waals surface area contributed by atoms with E-state index in [1.54, 1.807) is 19.4 Å². The summed E-state index contributed by atoms with van der Waals surface area (Å²) in [4.78, 5) is 4.22. The molecule has 23 heavy (non-hydrogen) atoms. The highest BCUT2D eigenvalue weighted by Crippen LogP contribution is 2.25. The van der Waals surface area contributed by atoms with Crippen molar-refractivity contribution in [1.82, 2.24) is 25.4 Å². The van der Waals surface area contributed by atoms with E-state index in [1.165, 1.54) is 0 Å². The summed E-state index contributed by atoms with van der Waals surface area (Å²) < 4.78 is 1.97. The van der Waals surface area contributed by atoms with Crippen molar-refractivity contribution >= 4 is 29.2 Å². The minimum atomic E-state index is -0.0185. The van der Waals surface area contributed by atoms with Crippen LogP contribution in [0.2, 0.25) is 10.0 Å². The summed E-state index contributed by atoms with van der Waals surface area (Å²) in [6.45, 7) is 5.42. The Labute approximate surface area is 145 Å².